The molecule has 0 aliphatic heterocycles. The largest absolute Gasteiger partial charge is 0.472 e. The lowest BCUT2D eigenvalue weighted by atomic mass is 9.99. The van der Waals surface area contributed by atoms with Crippen molar-refractivity contribution in [3.8, 4) is 0 Å². The Kier molecular flexibility index (Phi) is 31.8. The standard InChI is InChI=1S/C39H81N2O7P/c1-6-8-10-12-14-16-18-20-22-24-26-28-30-32-38(43)40-36(35-48-49(45,46)47-34-33-41(3,4)5)39(44)37(42)31-29-27-25-23-21-19-17-15-13-11-9-7-2/h36-37,39,42,44H,6-35H2,1-5H3,(H-,40,43,45,46)/p+1/t36-,37+,39-/m0/s1. The predicted octanol–water partition coefficient (Wildman–Crippen LogP) is 9.61. The third kappa shape index (κ3) is 33.1. The van der Waals surface area contributed by atoms with Crippen LogP contribution in [0.2, 0.25) is 0 Å². The van der Waals surface area contributed by atoms with Gasteiger partial charge in [-0.15, -0.1) is 0 Å². The van der Waals surface area contributed by atoms with E-state index < -0.39 is 32.7 Å². The zero-order valence-electron chi connectivity index (χ0n) is 32.8. The van der Waals surface area contributed by atoms with Crippen LogP contribution in [0.15, 0.2) is 0 Å². The average molecular weight is 722 g/mol. The summed E-state index contributed by atoms with van der Waals surface area (Å²) in [5.74, 6) is -0.257. The van der Waals surface area contributed by atoms with Crippen molar-refractivity contribution >= 4 is 13.7 Å². The van der Waals surface area contributed by atoms with Crippen molar-refractivity contribution in [3.63, 3.8) is 0 Å². The summed E-state index contributed by atoms with van der Waals surface area (Å²) in [4.78, 5) is 23.1. The average Bonchev–Trinajstić information content (AvgIpc) is 3.04. The molecule has 294 valence electrons. The molecule has 4 N–H and O–H groups in total. The van der Waals surface area contributed by atoms with E-state index in [9.17, 15) is 24.5 Å². The Morgan fingerprint density at radius 2 is 1.02 bits per heavy atom. The lowest BCUT2D eigenvalue weighted by molar-refractivity contribution is -0.870. The number of aliphatic hydroxyl groups excluding tert-OH is 2. The second-order valence-electron chi connectivity index (χ2n) is 15.5. The summed E-state index contributed by atoms with van der Waals surface area (Å²) in [6, 6.07) is -1.02. The van der Waals surface area contributed by atoms with Gasteiger partial charge in [-0.25, -0.2) is 4.57 Å². The molecule has 0 aromatic carbocycles. The summed E-state index contributed by atoms with van der Waals surface area (Å²) < 4.78 is 23.4. The molecule has 0 rings (SSSR count). The molecule has 0 aromatic heterocycles. The number of nitrogens with zero attached hydrogens (tertiary/aromatic N) is 1. The zero-order valence-corrected chi connectivity index (χ0v) is 33.7. The van der Waals surface area contributed by atoms with Crippen molar-refractivity contribution in [2.24, 2.45) is 0 Å². The highest BCUT2D eigenvalue weighted by atomic mass is 31.2. The van der Waals surface area contributed by atoms with E-state index in [0.29, 0.717) is 23.9 Å². The monoisotopic (exact) mass is 722 g/mol. The minimum atomic E-state index is -4.40. The number of carbonyl (C=O) groups is 1. The van der Waals surface area contributed by atoms with Crippen molar-refractivity contribution in [2.75, 3.05) is 40.9 Å². The number of phosphoric acid groups is 1. The third-order valence-electron chi connectivity index (χ3n) is 9.45. The summed E-state index contributed by atoms with van der Waals surface area (Å²) in [7, 11) is 1.44. The Bertz CT molecular complexity index is 796. The van der Waals surface area contributed by atoms with E-state index in [1.54, 1.807) is 0 Å². The smallest absolute Gasteiger partial charge is 0.390 e. The fourth-order valence-electron chi connectivity index (χ4n) is 6.08. The highest BCUT2D eigenvalue weighted by Gasteiger charge is 2.31. The molecule has 4 atom stereocenters. The lowest BCUT2D eigenvalue weighted by Crippen LogP contribution is -2.51. The lowest BCUT2D eigenvalue weighted by Gasteiger charge is -2.28. The van der Waals surface area contributed by atoms with E-state index in [1.807, 2.05) is 21.1 Å². The molecule has 1 unspecified atom stereocenters. The summed E-state index contributed by atoms with van der Waals surface area (Å²) in [5, 5.41) is 24.6. The van der Waals surface area contributed by atoms with Crippen molar-refractivity contribution < 1.29 is 38.0 Å². The van der Waals surface area contributed by atoms with Crippen LogP contribution in [0.25, 0.3) is 0 Å². The van der Waals surface area contributed by atoms with Crippen molar-refractivity contribution in [1.29, 1.82) is 0 Å². The first kappa shape index (κ1) is 48.5. The van der Waals surface area contributed by atoms with Gasteiger partial charge in [0.25, 0.3) is 0 Å². The number of quaternary nitrogens is 1. The summed E-state index contributed by atoms with van der Waals surface area (Å²) in [5.41, 5.74) is 0. The van der Waals surface area contributed by atoms with Crippen LogP contribution < -0.4 is 5.32 Å². The zero-order chi connectivity index (χ0) is 36.6. The number of nitrogens with one attached hydrogen (secondary N) is 1. The molecule has 0 radical (unpaired) electrons. The van der Waals surface area contributed by atoms with Gasteiger partial charge >= 0.3 is 7.82 Å². The van der Waals surface area contributed by atoms with Crippen LogP contribution in [-0.2, 0) is 18.4 Å². The van der Waals surface area contributed by atoms with Gasteiger partial charge in [0, 0.05) is 6.42 Å². The van der Waals surface area contributed by atoms with Crippen LogP contribution in [0.1, 0.15) is 187 Å². The van der Waals surface area contributed by atoms with E-state index in [4.69, 9.17) is 9.05 Å². The number of phosphoric ester groups is 1. The van der Waals surface area contributed by atoms with Gasteiger partial charge in [0.1, 0.15) is 19.3 Å². The number of amides is 1. The van der Waals surface area contributed by atoms with Crippen LogP contribution in [-0.4, -0.2) is 84.6 Å². The summed E-state index contributed by atoms with van der Waals surface area (Å²) >= 11 is 0. The maximum Gasteiger partial charge on any atom is 0.472 e. The van der Waals surface area contributed by atoms with Crippen LogP contribution in [0, 0.1) is 0 Å². The van der Waals surface area contributed by atoms with Crippen molar-refractivity contribution in [1.82, 2.24) is 5.32 Å². The Balaban J connectivity index is 4.56. The highest BCUT2D eigenvalue weighted by molar-refractivity contribution is 7.47. The van der Waals surface area contributed by atoms with Gasteiger partial charge in [-0.05, 0) is 12.8 Å². The van der Waals surface area contributed by atoms with Gasteiger partial charge in [-0.2, -0.15) is 0 Å². The molecule has 0 saturated carbocycles. The Hall–Kier alpha value is -0.540. The van der Waals surface area contributed by atoms with Crippen LogP contribution >= 0.6 is 7.82 Å². The molecule has 0 heterocycles. The van der Waals surface area contributed by atoms with E-state index in [-0.39, 0.29) is 12.5 Å². The summed E-state index contributed by atoms with van der Waals surface area (Å²) in [6.45, 7) is 4.59. The number of unbranched alkanes of at least 4 members (excludes halogenated alkanes) is 23. The molecule has 9 nitrogen and oxygen atoms in total. The number of likely N-dealkylation sites (N-methyl/N-ethyl adjacent to an activating group) is 1. The second kappa shape index (κ2) is 32.1. The SMILES string of the molecule is CCCCCCCCCCCCCCCC(=O)N[C@@H](COP(=O)(O)OCC[N+](C)(C)C)[C@H](O)[C@H](O)CCCCCCCCCCCCCC. The number of hydrogen-bond acceptors (Lipinski definition) is 6. The molecule has 0 bridgehead atoms. The third-order valence-corrected chi connectivity index (χ3v) is 10.4. The Labute approximate surface area is 302 Å². The fraction of sp³-hybridized carbons (Fsp3) is 0.974. The van der Waals surface area contributed by atoms with Crippen LogP contribution in [0.5, 0.6) is 0 Å². The van der Waals surface area contributed by atoms with Gasteiger partial charge in [-0.3, -0.25) is 13.8 Å². The highest BCUT2D eigenvalue weighted by Crippen LogP contribution is 2.43. The van der Waals surface area contributed by atoms with E-state index >= 15 is 0 Å². The number of hydrogen-bond donors (Lipinski definition) is 4. The molecule has 0 fully saturated rings. The minimum Gasteiger partial charge on any atom is -0.390 e. The van der Waals surface area contributed by atoms with Crippen LogP contribution in [0.3, 0.4) is 0 Å². The van der Waals surface area contributed by atoms with Gasteiger partial charge in [0.2, 0.25) is 5.91 Å². The fourth-order valence-corrected chi connectivity index (χ4v) is 6.82. The van der Waals surface area contributed by atoms with Crippen LogP contribution in [0.4, 0.5) is 0 Å². The number of rotatable bonds is 37. The molecule has 49 heavy (non-hydrogen) atoms. The minimum absolute atomic E-state index is 0.0253. The molecule has 10 heteroatoms. The first-order valence-corrected chi connectivity index (χ1v) is 22.0. The van der Waals surface area contributed by atoms with Gasteiger partial charge in [0.15, 0.2) is 0 Å². The summed E-state index contributed by atoms with van der Waals surface area (Å²) in [6.07, 6.45) is 28.6. The Morgan fingerprint density at radius 3 is 1.43 bits per heavy atom. The normalized spacial score (nSPS) is 15.2. The Morgan fingerprint density at radius 1 is 0.633 bits per heavy atom. The molecule has 0 spiro atoms. The maximum atomic E-state index is 12.8. The predicted molar refractivity (Wildman–Crippen MR) is 205 cm³/mol. The molecule has 0 aliphatic carbocycles. The molecule has 0 aliphatic rings. The molecule has 1 amide bonds. The van der Waals surface area contributed by atoms with Crippen molar-refractivity contribution in [2.45, 2.75) is 205 Å². The van der Waals surface area contributed by atoms with Crippen molar-refractivity contribution in [3.05, 3.63) is 0 Å². The second-order valence-corrected chi connectivity index (χ2v) is 17.0. The van der Waals surface area contributed by atoms with Gasteiger partial charge in [-0.1, -0.05) is 168 Å². The van der Waals surface area contributed by atoms with Gasteiger partial charge in [0.05, 0.1) is 39.9 Å². The number of carbonyl (C=O) groups excluding carboxylic acids is 1. The quantitative estimate of drug-likeness (QED) is 0.0286. The van der Waals surface area contributed by atoms with E-state index in [2.05, 4.69) is 19.2 Å². The first-order valence-electron chi connectivity index (χ1n) is 20.5. The molecular weight excluding hydrogens is 639 g/mol. The molecule has 0 saturated heterocycles. The first-order chi connectivity index (χ1) is 23.4. The van der Waals surface area contributed by atoms with E-state index in [1.165, 1.54) is 122 Å². The van der Waals surface area contributed by atoms with E-state index in [0.717, 1.165) is 38.5 Å². The number of aliphatic hydroxyl groups is 2. The topological polar surface area (TPSA) is 125 Å². The van der Waals surface area contributed by atoms with Gasteiger partial charge < -0.3 is 24.9 Å². The molecular formula is C39H82N2O7P+. The molecule has 0 aromatic rings. The maximum absolute atomic E-state index is 12.8.